The van der Waals surface area contributed by atoms with Crippen LogP contribution in [0.5, 0.6) is 5.75 Å². The number of aliphatic hydroxyl groups excluding tert-OH is 2. The van der Waals surface area contributed by atoms with Crippen molar-refractivity contribution >= 4 is 47.8 Å². The molecule has 4 rings (SSSR count). The summed E-state index contributed by atoms with van der Waals surface area (Å²) in [4.78, 5) is 28.5. The molecule has 42 heavy (non-hydrogen) atoms. The smallest absolute Gasteiger partial charge is 0.488 e. The highest BCUT2D eigenvalue weighted by atomic mass is 35.5. The number of aliphatic hydroxyl groups is 2. The van der Waals surface area contributed by atoms with Crippen LogP contribution in [0.25, 0.3) is 6.08 Å². The molecule has 1 aliphatic heterocycles. The van der Waals surface area contributed by atoms with Crippen LogP contribution >= 0.6 is 11.6 Å². The molecule has 1 heterocycles. The van der Waals surface area contributed by atoms with E-state index in [1.165, 1.54) is 18.2 Å². The zero-order valence-corrected chi connectivity index (χ0v) is 24.8. The van der Waals surface area contributed by atoms with Gasteiger partial charge in [0.05, 0.1) is 35.3 Å². The van der Waals surface area contributed by atoms with E-state index < -0.39 is 36.9 Å². The molecule has 2 amide bonds. The Kier molecular flexibility index (Phi) is 10.7. The summed E-state index contributed by atoms with van der Waals surface area (Å²) in [5, 5.41) is 51.5. The minimum absolute atomic E-state index is 0.0860. The minimum Gasteiger partial charge on any atom is -0.508 e. The molecule has 0 unspecified atom stereocenters. The Hall–Kier alpha value is -2.95. The first kappa shape index (κ1) is 32.0. The van der Waals surface area contributed by atoms with E-state index in [9.17, 15) is 35.0 Å². The quantitative estimate of drug-likeness (QED) is 0.142. The zero-order chi connectivity index (χ0) is 30.6. The first-order valence-electron chi connectivity index (χ1n) is 14.6. The van der Waals surface area contributed by atoms with Crippen LogP contribution in [0.1, 0.15) is 64.4 Å². The predicted molar refractivity (Wildman–Crippen MR) is 164 cm³/mol. The average Bonchev–Trinajstić information content (AvgIpc) is 3.21. The van der Waals surface area contributed by atoms with E-state index in [0.29, 0.717) is 36.3 Å². The standard InChI is InChI=1S/C32H39BClNO7/c1-3-6-19(14-20-11-12-24(37)17-27(20)34)10-13-28(38)29-21(7-4-2)15-25-30(26(29)18-36)32(40)35(31(25)39)23-9-5-8-22(16-23)33(41)42/h5,8-9,11-12,14,16-17,25-26,28,30,36-38,41-42H,3-4,6-7,10,13,15,18H2,1-2H3/b19-14+/t25-,26+,28-,30-/m1/s1. The molecule has 10 heteroatoms. The lowest BCUT2D eigenvalue weighted by Crippen LogP contribution is -2.39. The Morgan fingerprint density at radius 2 is 1.86 bits per heavy atom. The Balaban J connectivity index is 1.62. The van der Waals surface area contributed by atoms with Gasteiger partial charge in [0.15, 0.2) is 0 Å². The largest absolute Gasteiger partial charge is 0.508 e. The number of amides is 2. The number of allylic oxidation sites excluding steroid dienone is 2. The first-order chi connectivity index (χ1) is 20.1. The van der Waals surface area contributed by atoms with Crippen LogP contribution in [0.4, 0.5) is 5.69 Å². The van der Waals surface area contributed by atoms with Crippen molar-refractivity contribution in [3.8, 4) is 5.75 Å². The normalized spacial score (nSPS) is 21.6. The summed E-state index contributed by atoms with van der Waals surface area (Å²) in [6.07, 6.45) is 5.44. The maximum Gasteiger partial charge on any atom is 0.488 e. The van der Waals surface area contributed by atoms with Crippen LogP contribution in [-0.2, 0) is 9.59 Å². The highest BCUT2D eigenvalue weighted by Crippen LogP contribution is 2.48. The summed E-state index contributed by atoms with van der Waals surface area (Å²) < 4.78 is 0. The number of hydrogen-bond acceptors (Lipinski definition) is 7. The van der Waals surface area contributed by atoms with E-state index in [4.69, 9.17) is 11.6 Å². The molecule has 0 radical (unpaired) electrons. The van der Waals surface area contributed by atoms with E-state index in [0.717, 1.165) is 40.9 Å². The molecule has 1 fully saturated rings. The summed E-state index contributed by atoms with van der Waals surface area (Å²) in [7, 11) is -1.75. The van der Waals surface area contributed by atoms with Gasteiger partial charge in [-0.3, -0.25) is 14.5 Å². The van der Waals surface area contributed by atoms with Crippen molar-refractivity contribution in [1.29, 1.82) is 0 Å². The van der Waals surface area contributed by atoms with Crippen molar-refractivity contribution in [2.45, 2.75) is 64.9 Å². The molecule has 2 aromatic rings. The third-order valence-corrected chi connectivity index (χ3v) is 8.70. The average molecular weight is 596 g/mol. The van der Waals surface area contributed by atoms with Gasteiger partial charge < -0.3 is 25.4 Å². The lowest BCUT2D eigenvalue weighted by atomic mass is 9.67. The Morgan fingerprint density at radius 1 is 1.10 bits per heavy atom. The lowest BCUT2D eigenvalue weighted by molar-refractivity contribution is -0.123. The molecule has 1 saturated heterocycles. The van der Waals surface area contributed by atoms with Gasteiger partial charge in [-0.05, 0) is 79.0 Å². The Morgan fingerprint density at radius 3 is 2.50 bits per heavy atom. The molecule has 4 atom stereocenters. The molecule has 2 aliphatic rings. The predicted octanol–water partition coefficient (Wildman–Crippen LogP) is 3.96. The number of hydrogen-bond donors (Lipinski definition) is 5. The first-order valence-corrected chi connectivity index (χ1v) is 15.0. The number of rotatable bonds is 12. The fourth-order valence-corrected chi connectivity index (χ4v) is 6.73. The summed E-state index contributed by atoms with van der Waals surface area (Å²) in [5.74, 6) is -2.95. The Bertz CT molecular complexity index is 1370. The number of imide groups is 1. The number of halogens is 1. The van der Waals surface area contributed by atoms with Gasteiger partial charge in [0.25, 0.3) is 0 Å². The second kappa shape index (κ2) is 14.0. The van der Waals surface area contributed by atoms with E-state index in [1.54, 1.807) is 24.3 Å². The third-order valence-electron chi connectivity index (χ3n) is 8.37. The fourth-order valence-electron chi connectivity index (χ4n) is 6.50. The monoisotopic (exact) mass is 595 g/mol. The van der Waals surface area contributed by atoms with Crippen LogP contribution in [0.3, 0.4) is 0 Å². The van der Waals surface area contributed by atoms with E-state index >= 15 is 0 Å². The molecule has 0 spiro atoms. The van der Waals surface area contributed by atoms with Crippen LogP contribution in [0.2, 0.25) is 5.02 Å². The van der Waals surface area contributed by atoms with Gasteiger partial charge in [-0.2, -0.15) is 0 Å². The number of nitrogens with zero attached hydrogens (tertiary/aromatic N) is 1. The van der Waals surface area contributed by atoms with Gasteiger partial charge in [0.1, 0.15) is 5.75 Å². The number of fused-ring (bicyclic) bond motifs is 1. The van der Waals surface area contributed by atoms with Crippen LogP contribution in [0, 0.1) is 17.8 Å². The number of anilines is 1. The minimum atomic E-state index is -1.75. The number of benzene rings is 2. The zero-order valence-electron chi connectivity index (χ0n) is 24.0. The summed E-state index contributed by atoms with van der Waals surface area (Å²) in [6.45, 7) is 3.70. The molecule has 5 N–H and O–H groups in total. The van der Waals surface area contributed by atoms with Gasteiger partial charge >= 0.3 is 7.12 Å². The van der Waals surface area contributed by atoms with Crippen LogP contribution < -0.4 is 10.4 Å². The molecular formula is C32H39BClNO7. The molecule has 0 aromatic heterocycles. The molecule has 1 aliphatic carbocycles. The second-order valence-electron chi connectivity index (χ2n) is 11.2. The van der Waals surface area contributed by atoms with Crippen molar-refractivity contribution in [1.82, 2.24) is 0 Å². The molecule has 8 nitrogen and oxygen atoms in total. The summed E-state index contributed by atoms with van der Waals surface area (Å²) in [6, 6.07) is 10.8. The van der Waals surface area contributed by atoms with Crippen LogP contribution in [0.15, 0.2) is 59.2 Å². The maximum absolute atomic E-state index is 13.8. The van der Waals surface area contributed by atoms with Crippen molar-refractivity contribution in [2.75, 3.05) is 11.5 Å². The molecule has 2 aromatic carbocycles. The number of phenolic OH excluding ortho intramolecular Hbond substituents is 1. The Labute approximate surface area is 252 Å². The molecular weight excluding hydrogens is 557 g/mol. The van der Waals surface area contributed by atoms with E-state index in [2.05, 4.69) is 6.92 Å². The van der Waals surface area contributed by atoms with Gasteiger partial charge in [-0.25, -0.2) is 0 Å². The highest BCUT2D eigenvalue weighted by Gasteiger charge is 2.55. The summed E-state index contributed by atoms with van der Waals surface area (Å²) >= 11 is 6.33. The van der Waals surface area contributed by atoms with E-state index in [1.807, 2.05) is 13.0 Å². The van der Waals surface area contributed by atoms with Crippen molar-refractivity contribution in [3.05, 3.63) is 69.8 Å². The number of phenols is 1. The summed E-state index contributed by atoms with van der Waals surface area (Å²) in [5.41, 5.74) is 3.84. The SMILES string of the molecule is CCCC1=C([C@H](O)CC/C(=C/c2ccc(O)cc2Cl)CCC)[C@H](CO)[C@@H]2C(=O)N(c3cccc(B(O)O)c3)C(=O)[C@@H]2C1. The van der Waals surface area contributed by atoms with Gasteiger partial charge in [0, 0.05) is 5.92 Å². The van der Waals surface area contributed by atoms with Crippen LogP contribution in [-0.4, -0.2) is 57.0 Å². The fraction of sp³-hybridized carbons (Fsp3) is 0.438. The number of aromatic hydroxyl groups is 1. The van der Waals surface area contributed by atoms with Crippen molar-refractivity contribution in [2.24, 2.45) is 17.8 Å². The number of carbonyl (C=O) groups excluding carboxylic acids is 2. The molecule has 224 valence electrons. The van der Waals surface area contributed by atoms with Gasteiger partial charge in [-0.15, -0.1) is 0 Å². The van der Waals surface area contributed by atoms with Gasteiger partial charge in [-0.1, -0.05) is 67.6 Å². The topological polar surface area (TPSA) is 139 Å². The van der Waals surface area contributed by atoms with Crippen molar-refractivity contribution < 1.29 is 35.0 Å². The van der Waals surface area contributed by atoms with E-state index in [-0.39, 0.29) is 29.4 Å². The third kappa shape index (κ3) is 6.66. The van der Waals surface area contributed by atoms with Crippen molar-refractivity contribution in [3.63, 3.8) is 0 Å². The molecule has 0 bridgehead atoms. The second-order valence-corrected chi connectivity index (χ2v) is 11.6. The van der Waals surface area contributed by atoms with Gasteiger partial charge in [0.2, 0.25) is 11.8 Å². The lowest BCUT2D eigenvalue weighted by Gasteiger charge is -2.36. The number of carbonyl (C=O) groups is 2. The maximum atomic E-state index is 13.8. The highest BCUT2D eigenvalue weighted by molar-refractivity contribution is 6.58. The molecule has 0 saturated carbocycles.